The number of para-hydroxylation sites is 1. The average molecular weight is 341 g/mol. The second kappa shape index (κ2) is 5.60. The molecular formula is C19H14Cl2N2. The van der Waals surface area contributed by atoms with Crippen molar-refractivity contribution in [1.29, 1.82) is 5.26 Å². The van der Waals surface area contributed by atoms with Crippen LogP contribution in [0.1, 0.15) is 35.1 Å². The molecule has 2 nitrogen and oxygen atoms in total. The van der Waals surface area contributed by atoms with Crippen LogP contribution in [0.5, 0.6) is 0 Å². The third-order valence-corrected chi connectivity index (χ3v) is 5.67. The lowest BCUT2D eigenvalue weighted by Gasteiger charge is -2.38. The summed E-state index contributed by atoms with van der Waals surface area (Å²) in [6.07, 6.45) is 5.45. The molecule has 0 aromatic heterocycles. The van der Waals surface area contributed by atoms with Crippen LogP contribution in [0.4, 0.5) is 5.69 Å². The van der Waals surface area contributed by atoms with Crippen LogP contribution in [0.3, 0.4) is 0 Å². The summed E-state index contributed by atoms with van der Waals surface area (Å²) in [5.74, 6) is 0.687. The van der Waals surface area contributed by atoms with E-state index in [1.165, 1.54) is 5.56 Å². The number of hydrogen-bond acceptors (Lipinski definition) is 2. The van der Waals surface area contributed by atoms with E-state index in [1.807, 2.05) is 24.3 Å². The highest BCUT2D eigenvalue weighted by atomic mass is 35.5. The molecule has 1 aliphatic heterocycles. The van der Waals surface area contributed by atoms with Gasteiger partial charge >= 0.3 is 0 Å². The fraction of sp³-hybridized carbons (Fsp3) is 0.211. The van der Waals surface area contributed by atoms with Crippen LogP contribution in [0, 0.1) is 17.2 Å². The summed E-state index contributed by atoms with van der Waals surface area (Å²) < 4.78 is 0. The highest BCUT2D eigenvalue weighted by Gasteiger charge is 2.39. The summed E-state index contributed by atoms with van der Waals surface area (Å²) in [6, 6.07) is 14.0. The van der Waals surface area contributed by atoms with Gasteiger partial charge in [-0.15, -0.1) is 0 Å². The minimum Gasteiger partial charge on any atom is -0.377 e. The zero-order valence-corrected chi connectivity index (χ0v) is 13.8. The summed E-state index contributed by atoms with van der Waals surface area (Å²) in [6.45, 7) is 0. The van der Waals surface area contributed by atoms with E-state index in [0.717, 1.165) is 17.7 Å². The Morgan fingerprint density at radius 1 is 1.09 bits per heavy atom. The molecule has 2 aromatic rings. The molecule has 4 rings (SSSR count). The summed E-state index contributed by atoms with van der Waals surface area (Å²) in [7, 11) is 0. The second-order valence-corrected chi connectivity index (χ2v) is 6.79. The number of nitrogens with zero attached hydrogens (tertiary/aromatic N) is 1. The van der Waals surface area contributed by atoms with Crippen LogP contribution < -0.4 is 5.32 Å². The minimum atomic E-state index is 0.0446. The molecule has 0 saturated heterocycles. The van der Waals surface area contributed by atoms with E-state index in [1.54, 1.807) is 6.07 Å². The van der Waals surface area contributed by atoms with Crippen molar-refractivity contribution >= 4 is 28.9 Å². The zero-order chi connectivity index (χ0) is 16.0. The number of nitriles is 1. The van der Waals surface area contributed by atoms with Crippen molar-refractivity contribution in [3.05, 3.63) is 75.3 Å². The van der Waals surface area contributed by atoms with Crippen LogP contribution in [-0.2, 0) is 0 Å². The Kier molecular flexibility index (Phi) is 3.56. The van der Waals surface area contributed by atoms with E-state index in [-0.39, 0.29) is 6.04 Å². The summed E-state index contributed by atoms with van der Waals surface area (Å²) in [5.41, 5.74) is 3.78. The van der Waals surface area contributed by atoms with Gasteiger partial charge < -0.3 is 5.32 Å². The second-order valence-electron chi connectivity index (χ2n) is 6.00. The van der Waals surface area contributed by atoms with Crippen molar-refractivity contribution in [2.75, 3.05) is 5.32 Å². The molecule has 0 fully saturated rings. The molecule has 3 atom stereocenters. The molecule has 2 aromatic carbocycles. The molecular weight excluding hydrogens is 327 g/mol. The Labute approximate surface area is 145 Å². The molecule has 1 N–H and O–H groups in total. The van der Waals surface area contributed by atoms with Crippen molar-refractivity contribution in [1.82, 2.24) is 0 Å². The Hall–Kier alpha value is -1.95. The minimum absolute atomic E-state index is 0.0446. The summed E-state index contributed by atoms with van der Waals surface area (Å²) in [5, 5.41) is 14.2. The monoisotopic (exact) mass is 340 g/mol. The van der Waals surface area contributed by atoms with Crippen LogP contribution in [-0.4, -0.2) is 0 Å². The molecule has 0 amide bonds. The number of hydrogen-bond donors (Lipinski definition) is 1. The van der Waals surface area contributed by atoms with Gasteiger partial charge in [-0.1, -0.05) is 59.6 Å². The quantitative estimate of drug-likeness (QED) is 0.676. The van der Waals surface area contributed by atoms with Crippen molar-refractivity contribution in [2.24, 2.45) is 5.92 Å². The maximum atomic E-state index is 9.43. The van der Waals surface area contributed by atoms with Gasteiger partial charge in [0.25, 0.3) is 0 Å². The number of anilines is 1. The highest BCUT2D eigenvalue weighted by Crippen LogP contribution is 2.51. The Balaban J connectivity index is 1.88. The first-order valence-electron chi connectivity index (χ1n) is 7.61. The third-order valence-electron chi connectivity index (χ3n) is 4.83. The predicted molar refractivity (Wildman–Crippen MR) is 94.0 cm³/mol. The Morgan fingerprint density at radius 3 is 2.70 bits per heavy atom. The maximum Gasteiger partial charge on any atom is 0.101 e. The van der Waals surface area contributed by atoms with Crippen LogP contribution in [0.25, 0.3) is 0 Å². The SMILES string of the molecule is N#Cc1cccc2c1N[C@@H](c1cccc(Cl)c1Cl)[C@H]1CC=C[C@@H]21. The number of benzene rings is 2. The van der Waals surface area contributed by atoms with E-state index < -0.39 is 0 Å². The molecule has 2 aliphatic rings. The normalized spacial score (nSPS) is 24.5. The smallest absolute Gasteiger partial charge is 0.101 e. The largest absolute Gasteiger partial charge is 0.377 e. The van der Waals surface area contributed by atoms with Gasteiger partial charge in [-0.3, -0.25) is 0 Å². The van der Waals surface area contributed by atoms with Gasteiger partial charge in [0.1, 0.15) is 6.07 Å². The van der Waals surface area contributed by atoms with Gasteiger partial charge in [0.05, 0.1) is 27.3 Å². The van der Waals surface area contributed by atoms with Gasteiger partial charge in [-0.2, -0.15) is 5.26 Å². The lowest BCUT2D eigenvalue weighted by Crippen LogP contribution is -2.29. The molecule has 1 heterocycles. The average Bonchev–Trinajstić information content (AvgIpc) is 3.06. The van der Waals surface area contributed by atoms with Gasteiger partial charge in [-0.05, 0) is 35.6 Å². The van der Waals surface area contributed by atoms with Crippen LogP contribution >= 0.6 is 23.2 Å². The predicted octanol–water partition coefficient (Wildman–Crippen LogP) is 5.69. The molecule has 0 saturated carbocycles. The summed E-state index contributed by atoms with van der Waals surface area (Å²) in [4.78, 5) is 0. The first kappa shape index (κ1) is 14.6. The van der Waals surface area contributed by atoms with E-state index in [0.29, 0.717) is 27.4 Å². The fourth-order valence-electron chi connectivity index (χ4n) is 3.78. The lowest BCUT2D eigenvalue weighted by atomic mass is 9.76. The zero-order valence-electron chi connectivity index (χ0n) is 12.3. The van der Waals surface area contributed by atoms with Gasteiger partial charge in [0, 0.05) is 5.92 Å². The molecule has 0 bridgehead atoms. The van der Waals surface area contributed by atoms with Crippen LogP contribution in [0.2, 0.25) is 10.0 Å². The van der Waals surface area contributed by atoms with E-state index in [9.17, 15) is 5.26 Å². The Bertz CT molecular complexity index is 851. The van der Waals surface area contributed by atoms with E-state index >= 15 is 0 Å². The number of allylic oxidation sites excluding steroid dienone is 2. The van der Waals surface area contributed by atoms with Crippen molar-refractivity contribution in [2.45, 2.75) is 18.4 Å². The molecule has 0 spiro atoms. The number of rotatable bonds is 1. The molecule has 0 unspecified atom stereocenters. The fourth-order valence-corrected chi connectivity index (χ4v) is 4.21. The number of nitrogens with one attached hydrogen (secondary N) is 1. The van der Waals surface area contributed by atoms with Gasteiger partial charge in [0.15, 0.2) is 0 Å². The first-order chi connectivity index (χ1) is 11.2. The lowest BCUT2D eigenvalue weighted by molar-refractivity contribution is 0.425. The first-order valence-corrected chi connectivity index (χ1v) is 8.36. The maximum absolute atomic E-state index is 9.43. The van der Waals surface area contributed by atoms with E-state index in [4.69, 9.17) is 23.2 Å². The van der Waals surface area contributed by atoms with Crippen molar-refractivity contribution < 1.29 is 0 Å². The highest BCUT2D eigenvalue weighted by molar-refractivity contribution is 6.42. The van der Waals surface area contributed by atoms with E-state index in [2.05, 4.69) is 29.6 Å². The number of fused-ring (bicyclic) bond motifs is 3. The Morgan fingerprint density at radius 2 is 1.87 bits per heavy atom. The summed E-state index contributed by atoms with van der Waals surface area (Å²) >= 11 is 12.7. The van der Waals surface area contributed by atoms with Crippen LogP contribution in [0.15, 0.2) is 48.6 Å². The number of halogens is 2. The van der Waals surface area contributed by atoms with Gasteiger partial charge in [0.2, 0.25) is 0 Å². The molecule has 4 heteroatoms. The van der Waals surface area contributed by atoms with Crippen molar-refractivity contribution in [3.63, 3.8) is 0 Å². The molecule has 114 valence electrons. The third kappa shape index (κ3) is 2.24. The van der Waals surface area contributed by atoms with Gasteiger partial charge in [-0.25, -0.2) is 0 Å². The molecule has 23 heavy (non-hydrogen) atoms. The van der Waals surface area contributed by atoms with Crippen molar-refractivity contribution in [3.8, 4) is 6.07 Å². The molecule has 1 aliphatic carbocycles. The molecule has 0 radical (unpaired) electrons. The topological polar surface area (TPSA) is 35.8 Å². The standard InChI is InChI=1S/C19H14Cl2N2/c20-16-9-3-8-15(17(16)21)19-14-7-2-5-12(14)13-6-1-4-11(10-22)18(13)23-19/h1-6,8-9,12,14,19,23H,7H2/t12-,14-,19+/m0/s1.